The molecule has 0 radical (unpaired) electrons. The third kappa shape index (κ3) is 5.90. The van der Waals surface area contributed by atoms with Gasteiger partial charge in [0.1, 0.15) is 12.4 Å². The maximum Gasteiger partial charge on any atom is 0.244 e. The first-order valence-electron chi connectivity index (χ1n) is 9.40. The minimum atomic E-state index is -0.462. The average molecular weight is 427 g/mol. The lowest BCUT2D eigenvalue weighted by atomic mass is 10.1. The Morgan fingerprint density at radius 3 is 2.83 bits per heavy atom. The molecule has 0 fully saturated rings. The van der Waals surface area contributed by atoms with Crippen molar-refractivity contribution in [3.8, 4) is 11.5 Å². The van der Waals surface area contributed by atoms with Gasteiger partial charge in [-0.2, -0.15) is 0 Å². The molecule has 0 saturated carbocycles. The van der Waals surface area contributed by atoms with Crippen molar-refractivity contribution in [2.24, 2.45) is 0 Å². The van der Waals surface area contributed by atoms with E-state index in [0.717, 1.165) is 16.3 Å². The van der Waals surface area contributed by atoms with Gasteiger partial charge in [-0.25, -0.2) is 9.37 Å². The number of rotatable bonds is 8. The number of aromatic nitrogens is 1. The van der Waals surface area contributed by atoms with Gasteiger partial charge in [-0.05, 0) is 55.3 Å². The monoisotopic (exact) mass is 426 g/mol. The fourth-order valence-corrected chi connectivity index (χ4v) is 3.41. The minimum absolute atomic E-state index is 0.171. The number of hydrogen-bond donors (Lipinski definition) is 1. The zero-order valence-electron chi connectivity index (χ0n) is 17.0. The summed E-state index contributed by atoms with van der Waals surface area (Å²) in [5.74, 6) is 0.133. The van der Waals surface area contributed by atoms with Crippen LogP contribution in [0.4, 0.5) is 4.39 Å². The van der Waals surface area contributed by atoms with E-state index in [-0.39, 0.29) is 17.7 Å². The summed E-state index contributed by atoms with van der Waals surface area (Å²) in [7, 11) is 1.41. The van der Waals surface area contributed by atoms with E-state index in [1.807, 2.05) is 36.6 Å². The molecule has 0 saturated heterocycles. The fraction of sp³-hybridized carbons (Fsp3) is 0.217. The van der Waals surface area contributed by atoms with Crippen molar-refractivity contribution in [1.29, 1.82) is 0 Å². The highest BCUT2D eigenvalue weighted by molar-refractivity contribution is 7.09. The SMILES string of the molecule is COc1ccc(C(C)NC(=O)C=Cc2cccc(OCc3csc(C)n3)c2)cc1F. The summed E-state index contributed by atoms with van der Waals surface area (Å²) in [6.07, 6.45) is 3.15. The van der Waals surface area contributed by atoms with Crippen LogP contribution in [0.3, 0.4) is 0 Å². The summed E-state index contributed by atoms with van der Waals surface area (Å²) >= 11 is 1.59. The van der Waals surface area contributed by atoms with Crippen molar-refractivity contribution in [3.63, 3.8) is 0 Å². The lowest BCUT2D eigenvalue weighted by Crippen LogP contribution is -2.24. The molecule has 0 aliphatic rings. The zero-order valence-corrected chi connectivity index (χ0v) is 17.8. The maximum absolute atomic E-state index is 13.9. The van der Waals surface area contributed by atoms with Crippen LogP contribution in [0, 0.1) is 12.7 Å². The van der Waals surface area contributed by atoms with Gasteiger partial charge in [0.2, 0.25) is 5.91 Å². The molecular weight excluding hydrogens is 403 g/mol. The topological polar surface area (TPSA) is 60.5 Å². The van der Waals surface area contributed by atoms with E-state index in [1.54, 1.807) is 36.5 Å². The molecule has 0 bridgehead atoms. The first-order valence-corrected chi connectivity index (χ1v) is 10.3. The van der Waals surface area contributed by atoms with E-state index in [9.17, 15) is 9.18 Å². The molecule has 156 valence electrons. The number of benzene rings is 2. The van der Waals surface area contributed by atoms with Gasteiger partial charge < -0.3 is 14.8 Å². The quantitative estimate of drug-likeness (QED) is 0.511. The van der Waals surface area contributed by atoms with Crippen LogP contribution < -0.4 is 14.8 Å². The predicted molar refractivity (Wildman–Crippen MR) is 116 cm³/mol. The number of carbonyl (C=O) groups excluding carboxylic acids is 1. The molecule has 1 aromatic heterocycles. The number of amides is 1. The second kappa shape index (κ2) is 10.0. The van der Waals surface area contributed by atoms with Gasteiger partial charge in [0.05, 0.1) is 23.9 Å². The number of carbonyl (C=O) groups is 1. The predicted octanol–water partition coefficient (Wildman–Crippen LogP) is 5.07. The molecule has 0 spiro atoms. The Balaban J connectivity index is 1.57. The Labute approximate surface area is 179 Å². The molecule has 3 aromatic rings. The molecule has 1 atom stereocenters. The van der Waals surface area contributed by atoms with E-state index in [1.165, 1.54) is 19.3 Å². The summed E-state index contributed by atoms with van der Waals surface area (Å²) in [6.45, 7) is 4.15. The van der Waals surface area contributed by atoms with Gasteiger partial charge >= 0.3 is 0 Å². The van der Waals surface area contributed by atoms with Crippen LogP contribution in [-0.2, 0) is 11.4 Å². The van der Waals surface area contributed by atoms with Crippen LogP contribution in [0.5, 0.6) is 11.5 Å². The Morgan fingerprint density at radius 1 is 1.30 bits per heavy atom. The van der Waals surface area contributed by atoms with E-state index in [0.29, 0.717) is 17.9 Å². The fourth-order valence-electron chi connectivity index (χ4n) is 2.81. The van der Waals surface area contributed by atoms with Crippen LogP contribution in [0.15, 0.2) is 53.9 Å². The van der Waals surface area contributed by atoms with Gasteiger partial charge in [-0.15, -0.1) is 11.3 Å². The van der Waals surface area contributed by atoms with Gasteiger partial charge in [-0.1, -0.05) is 18.2 Å². The average Bonchev–Trinajstić information content (AvgIpc) is 3.16. The largest absolute Gasteiger partial charge is 0.494 e. The Hall–Kier alpha value is -3.19. The summed E-state index contributed by atoms with van der Waals surface area (Å²) < 4.78 is 24.5. The number of ether oxygens (including phenoxy) is 2. The van der Waals surface area contributed by atoms with E-state index >= 15 is 0 Å². The maximum atomic E-state index is 13.9. The Bertz CT molecular complexity index is 1050. The van der Waals surface area contributed by atoms with E-state index in [4.69, 9.17) is 9.47 Å². The molecule has 7 heteroatoms. The smallest absolute Gasteiger partial charge is 0.244 e. The molecular formula is C23H23FN2O3S. The van der Waals surface area contributed by atoms with Crippen LogP contribution in [0.1, 0.15) is 34.8 Å². The summed E-state index contributed by atoms with van der Waals surface area (Å²) in [5, 5.41) is 5.80. The second-order valence-electron chi connectivity index (χ2n) is 6.68. The third-order valence-corrected chi connectivity index (χ3v) is 5.20. The van der Waals surface area contributed by atoms with Crippen molar-refractivity contribution in [2.75, 3.05) is 7.11 Å². The molecule has 0 aliphatic carbocycles. The lowest BCUT2D eigenvalue weighted by molar-refractivity contribution is -0.117. The van der Waals surface area contributed by atoms with Crippen molar-refractivity contribution >= 4 is 23.3 Å². The molecule has 30 heavy (non-hydrogen) atoms. The van der Waals surface area contributed by atoms with Crippen LogP contribution in [0.2, 0.25) is 0 Å². The molecule has 1 heterocycles. The van der Waals surface area contributed by atoms with Crippen molar-refractivity contribution in [3.05, 3.63) is 81.6 Å². The number of thiazole rings is 1. The Kier molecular flexibility index (Phi) is 7.19. The molecule has 1 N–H and O–H groups in total. The van der Waals surface area contributed by atoms with Crippen molar-refractivity contribution in [1.82, 2.24) is 10.3 Å². The highest BCUT2D eigenvalue weighted by Crippen LogP contribution is 2.22. The van der Waals surface area contributed by atoms with Crippen LogP contribution in [-0.4, -0.2) is 18.0 Å². The number of hydrogen-bond acceptors (Lipinski definition) is 5. The van der Waals surface area contributed by atoms with E-state index in [2.05, 4.69) is 10.3 Å². The number of halogens is 1. The van der Waals surface area contributed by atoms with Crippen LogP contribution >= 0.6 is 11.3 Å². The number of methoxy groups -OCH3 is 1. The third-order valence-electron chi connectivity index (χ3n) is 4.37. The molecule has 5 nitrogen and oxygen atoms in total. The molecule has 0 aliphatic heterocycles. The standard InChI is InChI=1S/C23H23FN2O3S/c1-15(18-8-9-22(28-3)21(24)12-18)25-23(27)10-7-17-5-4-6-20(11-17)29-13-19-14-30-16(2)26-19/h4-12,14-15H,13H2,1-3H3,(H,25,27). The second-order valence-corrected chi connectivity index (χ2v) is 7.74. The van der Waals surface area contributed by atoms with Crippen molar-refractivity contribution < 1.29 is 18.7 Å². The van der Waals surface area contributed by atoms with Crippen LogP contribution in [0.25, 0.3) is 6.08 Å². The molecule has 3 rings (SSSR count). The molecule has 1 amide bonds. The number of aryl methyl sites for hydroxylation is 1. The summed E-state index contributed by atoms with van der Waals surface area (Å²) in [5.41, 5.74) is 2.38. The first-order chi connectivity index (χ1) is 14.4. The Morgan fingerprint density at radius 2 is 2.13 bits per heavy atom. The highest BCUT2D eigenvalue weighted by Gasteiger charge is 2.11. The van der Waals surface area contributed by atoms with Gasteiger partial charge in [-0.3, -0.25) is 4.79 Å². The zero-order chi connectivity index (χ0) is 21.5. The normalized spacial score (nSPS) is 12.0. The van der Waals surface area contributed by atoms with Gasteiger partial charge in [0.25, 0.3) is 0 Å². The number of nitrogens with one attached hydrogen (secondary N) is 1. The number of nitrogens with zero attached hydrogens (tertiary/aromatic N) is 1. The summed E-state index contributed by atoms with van der Waals surface area (Å²) in [4.78, 5) is 16.6. The van der Waals surface area contributed by atoms with Gasteiger partial charge in [0.15, 0.2) is 11.6 Å². The lowest BCUT2D eigenvalue weighted by Gasteiger charge is -2.14. The molecule has 2 aromatic carbocycles. The minimum Gasteiger partial charge on any atom is -0.494 e. The first kappa shape index (κ1) is 21.5. The van der Waals surface area contributed by atoms with Gasteiger partial charge in [0, 0.05) is 11.5 Å². The highest BCUT2D eigenvalue weighted by atomic mass is 32.1. The summed E-state index contributed by atoms with van der Waals surface area (Å²) in [6, 6.07) is 11.7. The van der Waals surface area contributed by atoms with E-state index < -0.39 is 5.82 Å². The molecule has 1 unspecified atom stereocenters. The van der Waals surface area contributed by atoms with Crippen molar-refractivity contribution in [2.45, 2.75) is 26.5 Å².